The van der Waals surface area contributed by atoms with E-state index in [4.69, 9.17) is 0 Å². The fraction of sp³-hybridized carbons (Fsp3) is 0.246. The lowest BCUT2D eigenvalue weighted by Crippen LogP contribution is -1.86. The molecule has 0 atom stereocenters. The molecule has 0 aliphatic rings. The van der Waals surface area contributed by atoms with Crippen molar-refractivity contribution in [3.05, 3.63) is 258 Å². The summed E-state index contributed by atoms with van der Waals surface area (Å²) in [5.74, 6) is 0. The van der Waals surface area contributed by atoms with Crippen LogP contribution >= 0.6 is 0 Å². The van der Waals surface area contributed by atoms with E-state index in [2.05, 4.69) is 281 Å². The first kappa shape index (κ1) is 53.2. The van der Waals surface area contributed by atoms with Gasteiger partial charge in [0.1, 0.15) is 0 Å². The van der Waals surface area contributed by atoms with Gasteiger partial charge in [-0.15, -0.1) is 0 Å². The number of hydrogen-bond acceptors (Lipinski definition) is 0. The van der Waals surface area contributed by atoms with Gasteiger partial charge in [0.25, 0.3) is 0 Å². The summed E-state index contributed by atoms with van der Waals surface area (Å²) >= 11 is 0. The van der Waals surface area contributed by atoms with Crippen LogP contribution < -0.4 is 0 Å². The molecule has 10 aromatic rings. The Hall–Kier alpha value is -6.76. The van der Waals surface area contributed by atoms with E-state index < -0.39 is 0 Å². The Morgan fingerprint density at radius 2 is 0.493 bits per heavy atom. The molecular formula is C69H78. The first-order valence-electron chi connectivity index (χ1n) is 24.7. The molecule has 0 saturated carbocycles. The van der Waals surface area contributed by atoms with Gasteiger partial charge in [-0.2, -0.15) is 0 Å². The SMILES string of the molecule is Cc1cc(C)c2ccccc2c1C.Cc1cc(C)c2ccccc2c1C.Cc1ccc(C)c(C)c1.Cc1ccc(C)c(C)c1.Cc1ccc2c(C)c(C)ccc2c1.Cc1ccc2ccccc2c1C. The molecule has 354 valence electrons. The molecule has 0 radical (unpaired) electrons. The second kappa shape index (κ2) is 24.5. The molecule has 0 N–H and O–H groups in total. The van der Waals surface area contributed by atoms with Crippen LogP contribution in [-0.4, -0.2) is 0 Å². The van der Waals surface area contributed by atoms with Crippen molar-refractivity contribution in [1.29, 1.82) is 0 Å². The van der Waals surface area contributed by atoms with Crippen LogP contribution in [0.3, 0.4) is 0 Å². The van der Waals surface area contributed by atoms with Crippen molar-refractivity contribution in [1.82, 2.24) is 0 Å². The van der Waals surface area contributed by atoms with E-state index in [0.29, 0.717) is 0 Å². The van der Waals surface area contributed by atoms with E-state index in [0.717, 1.165) is 0 Å². The molecule has 10 aromatic carbocycles. The van der Waals surface area contributed by atoms with Gasteiger partial charge in [-0.25, -0.2) is 0 Å². The Bertz CT molecular complexity index is 3200. The molecule has 0 heterocycles. The fourth-order valence-electron chi connectivity index (χ4n) is 8.79. The minimum absolute atomic E-state index is 1.33. The predicted octanol–water partition coefficient (Wildman–Crippen LogP) is 20.0. The van der Waals surface area contributed by atoms with E-state index in [1.165, 1.54) is 138 Å². The monoisotopic (exact) mass is 907 g/mol. The first-order chi connectivity index (χ1) is 32.8. The lowest BCUT2D eigenvalue weighted by Gasteiger charge is -2.08. The predicted molar refractivity (Wildman–Crippen MR) is 309 cm³/mol. The van der Waals surface area contributed by atoms with Crippen molar-refractivity contribution in [2.45, 2.75) is 118 Å². The summed E-state index contributed by atoms with van der Waals surface area (Å²) in [5.41, 5.74) is 23.4. The van der Waals surface area contributed by atoms with Gasteiger partial charge in [-0.05, 0) is 239 Å². The third-order valence-electron chi connectivity index (χ3n) is 14.1. The number of rotatable bonds is 0. The second-order valence-corrected chi connectivity index (χ2v) is 19.5. The number of benzene rings is 10. The van der Waals surface area contributed by atoms with Crippen LogP contribution in [-0.2, 0) is 0 Å². The smallest absolute Gasteiger partial charge is 0.0149 e. The van der Waals surface area contributed by atoms with Crippen molar-refractivity contribution >= 4 is 43.1 Å². The number of aryl methyl sites for hydroxylation is 17. The molecule has 0 spiro atoms. The van der Waals surface area contributed by atoms with Gasteiger partial charge >= 0.3 is 0 Å². The van der Waals surface area contributed by atoms with Crippen molar-refractivity contribution < 1.29 is 0 Å². The van der Waals surface area contributed by atoms with Gasteiger partial charge in [-0.3, -0.25) is 0 Å². The lowest BCUT2D eigenvalue weighted by atomic mass is 9.97. The molecule has 0 aliphatic carbocycles. The van der Waals surface area contributed by atoms with Crippen molar-refractivity contribution in [2.75, 3.05) is 0 Å². The normalized spacial score (nSPS) is 10.4. The van der Waals surface area contributed by atoms with Crippen LogP contribution in [0.25, 0.3) is 43.1 Å². The van der Waals surface area contributed by atoms with Gasteiger partial charge in [-0.1, -0.05) is 180 Å². The summed E-state index contributed by atoms with van der Waals surface area (Å²) < 4.78 is 0. The highest BCUT2D eigenvalue weighted by Gasteiger charge is 2.04. The Labute approximate surface area is 417 Å². The molecule has 0 bridgehead atoms. The van der Waals surface area contributed by atoms with Crippen LogP contribution in [0.4, 0.5) is 0 Å². The topological polar surface area (TPSA) is 0 Å². The Morgan fingerprint density at radius 1 is 0.174 bits per heavy atom. The van der Waals surface area contributed by atoms with Gasteiger partial charge < -0.3 is 0 Å². The van der Waals surface area contributed by atoms with Gasteiger partial charge in [0.05, 0.1) is 0 Å². The van der Waals surface area contributed by atoms with E-state index in [-0.39, 0.29) is 0 Å². The Balaban J connectivity index is 0.000000155. The van der Waals surface area contributed by atoms with Crippen LogP contribution in [0.5, 0.6) is 0 Å². The van der Waals surface area contributed by atoms with Gasteiger partial charge in [0, 0.05) is 0 Å². The largest absolute Gasteiger partial charge is 0.0616 e. The fourth-order valence-corrected chi connectivity index (χ4v) is 8.79. The third kappa shape index (κ3) is 14.2. The van der Waals surface area contributed by atoms with Crippen LogP contribution in [0.1, 0.15) is 94.6 Å². The molecule has 0 nitrogen and oxygen atoms in total. The number of fused-ring (bicyclic) bond motifs is 4. The summed E-state index contributed by atoms with van der Waals surface area (Å²) in [6.45, 7) is 36.7. The maximum absolute atomic E-state index is 2.26. The average Bonchev–Trinajstić information content (AvgIpc) is 3.34. The molecule has 0 aliphatic heterocycles. The standard InChI is InChI=1S/3C13H14.C12H12.2C9H12/c1-9-4-7-13-11(3)10(2)5-6-12(13)8-9;2*1-9-8-10(2)12-6-4-5-7-13(12)11(9)3;1-9-7-8-11-5-3-4-6-12(11)10(9)2;2*1-7-4-5-8(2)9(3)6-7/h3*4-8H,1-3H3;3-8H,1-2H3;2*4-6H,1-3H3. The molecule has 0 aromatic heterocycles. The van der Waals surface area contributed by atoms with Crippen LogP contribution in [0.15, 0.2) is 164 Å². The third-order valence-corrected chi connectivity index (χ3v) is 14.1. The zero-order valence-electron chi connectivity index (χ0n) is 45.1. The zero-order chi connectivity index (χ0) is 50.5. The summed E-state index contributed by atoms with van der Waals surface area (Å²) in [4.78, 5) is 0. The summed E-state index contributed by atoms with van der Waals surface area (Å²) in [5, 5.41) is 11.0. The minimum atomic E-state index is 1.33. The van der Waals surface area contributed by atoms with Crippen molar-refractivity contribution in [2.24, 2.45) is 0 Å². The maximum Gasteiger partial charge on any atom is -0.0149 e. The average molecular weight is 907 g/mol. The van der Waals surface area contributed by atoms with Gasteiger partial charge in [0.15, 0.2) is 0 Å². The van der Waals surface area contributed by atoms with E-state index in [9.17, 15) is 0 Å². The summed E-state index contributed by atoms with van der Waals surface area (Å²) in [6.07, 6.45) is 0. The molecule has 0 saturated heterocycles. The van der Waals surface area contributed by atoms with Crippen LogP contribution in [0.2, 0.25) is 0 Å². The molecule has 69 heavy (non-hydrogen) atoms. The first-order valence-corrected chi connectivity index (χ1v) is 24.7. The van der Waals surface area contributed by atoms with E-state index >= 15 is 0 Å². The quantitative estimate of drug-likeness (QED) is 0.142. The van der Waals surface area contributed by atoms with Gasteiger partial charge in [0.2, 0.25) is 0 Å². The molecule has 10 rings (SSSR count). The van der Waals surface area contributed by atoms with Crippen molar-refractivity contribution in [3.8, 4) is 0 Å². The summed E-state index contributed by atoms with van der Waals surface area (Å²) in [6, 6.07) is 58.6. The Kier molecular flexibility index (Phi) is 18.9. The molecule has 0 amide bonds. The highest BCUT2D eigenvalue weighted by Crippen LogP contribution is 2.27. The highest BCUT2D eigenvalue weighted by molar-refractivity contribution is 5.91. The molecular weight excluding hydrogens is 829 g/mol. The van der Waals surface area contributed by atoms with Crippen LogP contribution in [0, 0.1) is 118 Å². The second-order valence-electron chi connectivity index (χ2n) is 19.5. The zero-order valence-corrected chi connectivity index (χ0v) is 45.1. The summed E-state index contributed by atoms with van der Waals surface area (Å²) in [7, 11) is 0. The van der Waals surface area contributed by atoms with E-state index in [1.54, 1.807) is 0 Å². The van der Waals surface area contributed by atoms with Crippen molar-refractivity contribution in [3.63, 3.8) is 0 Å². The molecule has 0 fully saturated rings. The Morgan fingerprint density at radius 3 is 0.913 bits per heavy atom. The van der Waals surface area contributed by atoms with E-state index in [1.807, 2.05) is 0 Å². The highest BCUT2D eigenvalue weighted by atomic mass is 14.1. The number of hydrogen-bond donors (Lipinski definition) is 0. The maximum atomic E-state index is 2.26. The lowest BCUT2D eigenvalue weighted by molar-refractivity contribution is 1.30. The molecule has 0 unspecified atom stereocenters. The minimum Gasteiger partial charge on any atom is -0.0616 e. The molecule has 0 heteroatoms.